The third-order valence-corrected chi connectivity index (χ3v) is 5.73. The molecule has 0 aliphatic carbocycles. The summed E-state index contributed by atoms with van der Waals surface area (Å²) in [5.74, 6) is -0.00990. The summed E-state index contributed by atoms with van der Waals surface area (Å²) in [6, 6.07) is 4.05. The van der Waals surface area contributed by atoms with Crippen molar-refractivity contribution >= 4 is 35.4 Å². The average molecular weight is 469 g/mol. The minimum atomic E-state index is -0.539. The van der Waals surface area contributed by atoms with Gasteiger partial charge in [0.2, 0.25) is 6.41 Å². The Labute approximate surface area is 201 Å². The summed E-state index contributed by atoms with van der Waals surface area (Å²) in [4.78, 5) is 32.0. The third kappa shape index (κ3) is 6.98. The molecule has 34 heavy (non-hydrogen) atoms. The van der Waals surface area contributed by atoms with E-state index < -0.39 is 5.91 Å². The largest absolute Gasteiger partial charge is 0.383 e. The van der Waals surface area contributed by atoms with E-state index in [1.807, 2.05) is 26.0 Å². The summed E-state index contributed by atoms with van der Waals surface area (Å²) in [7, 11) is 3.38. The number of carbonyl (C=O) groups is 2. The van der Waals surface area contributed by atoms with Gasteiger partial charge in [0.15, 0.2) is 0 Å². The van der Waals surface area contributed by atoms with Gasteiger partial charge >= 0.3 is 0 Å². The lowest BCUT2D eigenvalue weighted by molar-refractivity contribution is -0.116. The van der Waals surface area contributed by atoms with Crippen LogP contribution in [0.15, 0.2) is 18.5 Å². The molecule has 0 spiro atoms. The number of hydrogen-bond donors (Lipinski definition) is 5. The zero-order chi connectivity index (χ0) is 25.3. The molecule has 1 saturated heterocycles. The first-order chi connectivity index (χ1) is 16.2. The van der Waals surface area contributed by atoms with Crippen LogP contribution >= 0.6 is 0 Å². The molecule has 1 fully saturated rings. The molecule has 2 heterocycles. The Hall–Kier alpha value is -3.53. The van der Waals surface area contributed by atoms with Gasteiger partial charge in [0.25, 0.3) is 5.91 Å². The monoisotopic (exact) mass is 468 g/mol. The van der Waals surface area contributed by atoms with Gasteiger partial charge in [-0.2, -0.15) is 0 Å². The predicted octanol–water partition coefficient (Wildman–Crippen LogP) is 2.11. The minimum Gasteiger partial charge on any atom is -0.383 e. The van der Waals surface area contributed by atoms with Gasteiger partial charge in [0.1, 0.15) is 23.7 Å². The van der Waals surface area contributed by atoms with E-state index >= 15 is 0 Å². The van der Waals surface area contributed by atoms with Gasteiger partial charge in [-0.1, -0.05) is 13.0 Å². The minimum absolute atomic E-state index is 0.112. The van der Waals surface area contributed by atoms with Crippen molar-refractivity contribution in [1.82, 2.24) is 20.2 Å². The third-order valence-electron chi connectivity index (χ3n) is 5.73. The van der Waals surface area contributed by atoms with Gasteiger partial charge in [-0.15, -0.1) is 0 Å². The summed E-state index contributed by atoms with van der Waals surface area (Å²) in [5.41, 5.74) is 10.1. The van der Waals surface area contributed by atoms with Crippen molar-refractivity contribution in [2.75, 3.05) is 43.6 Å². The van der Waals surface area contributed by atoms with Crippen molar-refractivity contribution in [3.63, 3.8) is 0 Å². The van der Waals surface area contributed by atoms with Crippen LogP contribution in [0.25, 0.3) is 0 Å². The number of aromatic nitrogens is 2. The van der Waals surface area contributed by atoms with Gasteiger partial charge < -0.3 is 26.6 Å². The standard InChI is InChI=1S/C21H29N7O.C3H7NO/c1-4-14-7-8-16(13(3)12(14)2)28-21(29)18(22)17-19(23)25-11-26-20(17)27-15-6-5-9-24-10-15;1-4(2)3-5/h7-8,11,15,22,24H,4-6,9-10H2,1-3H3,(H,28,29)(H3,23,25,26,27);3H,1-2H3. The molecule has 184 valence electrons. The van der Waals surface area contributed by atoms with Crippen molar-refractivity contribution in [2.24, 2.45) is 0 Å². The van der Waals surface area contributed by atoms with Gasteiger partial charge in [-0.3, -0.25) is 15.0 Å². The number of amides is 2. The van der Waals surface area contributed by atoms with Crippen molar-refractivity contribution in [3.8, 4) is 0 Å². The van der Waals surface area contributed by atoms with Crippen molar-refractivity contribution in [2.45, 2.75) is 46.1 Å². The second-order valence-corrected chi connectivity index (χ2v) is 8.44. The van der Waals surface area contributed by atoms with E-state index in [-0.39, 0.29) is 23.1 Å². The number of benzene rings is 1. The average Bonchev–Trinajstić information content (AvgIpc) is 2.83. The molecule has 1 atom stereocenters. The van der Waals surface area contributed by atoms with Gasteiger partial charge in [0, 0.05) is 32.4 Å². The van der Waals surface area contributed by atoms with Gasteiger partial charge in [0.05, 0.1) is 5.56 Å². The number of anilines is 3. The normalized spacial score (nSPS) is 14.9. The second-order valence-electron chi connectivity index (χ2n) is 8.44. The van der Waals surface area contributed by atoms with E-state index in [4.69, 9.17) is 11.1 Å². The molecule has 6 N–H and O–H groups in total. The lowest BCUT2D eigenvalue weighted by Gasteiger charge is -2.25. The molecule has 1 aromatic heterocycles. The molecule has 1 aromatic carbocycles. The molecular formula is C24H36N8O2. The quantitative estimate of drug-likeness (QED) is 0.309. The summed E-state index contributed by atoms with van der Waals surface area (Å²) in [5, 5.41) is 17.9. The highest BCUT2D eigenvalue weighted by molar-refractivity contribution is 6.49. The Morgan fingerprint density at radius 2 is 2.00 bits per heavy atom. The maximum Gasteiger partial charge on any atom is 0.274 e. The molecule has 0 radical (unpaired) electrons. The lowest BCUT2D eigenvalue weighted by Crippen LogP contribution is -2.39. The number of nitrogens with zero attached hydrogens (tertiary/aromatic N) is 3. The molecule has 1 aliphatic heterocycles. The molecule has 10 heteroatoms. The number of rotatable bonds is 7. The first kappa shape index (κ1) is 26.7. The Morgan fingerprint density at radius 3 is 2.59 bits per heavy atom. The van der Waals surface area contributed by atoms with E-state index in [0.29, 0.717) is 11.5 Å². The molecule has 3 rings (SSSR count). The smallest absolute Gasteiger partial charge is 0.274 e. The molecule has 2 amide bonds. The number of nitrogens with two attached hydrogens (primary N) is 1. The molecule has 0 bridgehead atoms. The number of hydrogen-bond acceptors (Lipinski definition) is 8. The molecule has 10 nitrogen and oxygen atoms in total. The number of nitrogens with one attached hydrogen (secondary N) is 4. The van der Waals surface area contributed by atoms with Crippen LogP contribution in [0, 0.1) is 19.3 Å². The van der Waals surface area contributed by atoms with Crippen molar-refractivity contribution in [3.05, 3.63) is 40.7 Å². The highest BCUT2D eigenvalue weighted by Crippen LogP contribution is 2.24. The molecule has 0 saturated carbocycles. The van der Waals surface area contributed by atoms with Crippen LogP contribution in [0.5, 0.6) is 0 Å². The van der Waals surface area contributed by atoms with Crippen LogP contribution < -0.4 is 21.7 Å². The van der Waals surface area contributed by atoms with Crippen molar-refractivity contribution < 1.29 is 9.59 Å². The molecule has 2 aromatic rings. The first-order valence-electron chi connectivity index (χ1n) is 11.4. The molecule has 1 unspecified atom stereocenters. The van der Waals surface area contributed by atoms with Crippen LogP contribution in [0.2, 0.25) is 0 Å². The molecular weight excluding hydrogens is 432 g/mol. The summed E-state index contributed by atoms with van der Waals surface area (Å²) in [6.07, 6.45) is 5.06. The van der Waals surface area contributed by atoms with Gasteiger partial charge in [-0.25, -0.2) is 9.97 Å². The second kappa shape index (κ2) is 12.6. The number of piperidine rings is 1. The van der Waals surface area contributed by atoms with Crippen LogP contribution in [0.3, 0.4) is 0 Å². The van der Waals surface area contributed by atoms with Crippen LogP contribution in [-0.2, 0) is 16.0 Å². The van der Waals surface area contributed by atoms with Crippen LogP contribution in [0.1, 0.15) is 42.0 Å². The Kier molecular flexibility index (Phi) is 9.93. The topological polar surface area (TPSA) is 149 Å². The fourth-order valence-electron chi connectivity index (χ4n) is 3.62. The van der Waals surface area contributed by atoms with Crippen molar-refractivity contribution in [1.29, 1.82) is 5.41 Å². The Morgan fingerprint density at radius 1 is 1.29 bits per heavy atom. The summed E-state index contributed by atoms with van der Waals surface area (Å²) < 4.78 is 0. The number of nitrogen functional groups attached to an aromatic ring is 1. The van der Waals surface area contributed by atoms with Crippen LogP contribution in [0.4, 0.5) is 17.3 Å². The molecule has 1 aliphatic rings. The van der Waals surface area contributed by atoms with E-state index in [1.54, 1.807) is 14.1 Å². The summed E-state index contributed by atoms with van der Waals surface area (Å²) >= 11 is 0. The Balaban J connectivity index is 0.000000739. The van der Waals surface area contributed by atoms with E-state index in [1.165, 1.54) is 16.8 Å². The maximum atomic E-state index is 12.8. The zero-order valence-electron chi connectivity index (χ0n) is 20.7. The zero-order valence-corrected chi connectivity index (χ0v) is 20.7. The highest BCUT2D eigenvalue weighted by Gasteiger charge is 2.23. The summed E-state index contributed by atoms with van der Waals surface area (Å²) in [6.45, 7) is 7.90. The maximum absolute atomic E-state index is 12.8. The van der Waals surface area contributed by atoms with E-state index in [9.17, 15) is 9.59 Å². The fourth-order valence-corrected chi connectivity index (χ4v) is 3.62. The SMILES string of the molecule is CCc1ccc(NC(=O)C(=N)c2c(N)ncnc2NC2CCCNC2)c(C)c1C.CN(C)C=O. The lowest BCUT2D eigenvalue weighted by atomic mass is 9.99. The number of aryl methyl sites for hydroxylation is 1. The fraction of sp³-hybridized carbons (Fsp3) is 0.458. The van der Waals surface area contributed by atoms with E-state index in [2.05, 4.69) is 32.8 Å². The highest BCUT2D eigenvalue weighted by atomic mass is 16.2. The van der Waals surface area contributed by atoms with Gasteiger partial charge in [-0.05, 0) is 62.4 Å². The number of carbonyl (C=O) groups excluding carboxylic acids is 2. The van der Waals surface area contributed by atoms with Crippen LogP contribution in [-0.4, -0.2) is 66.1 Å². The first-order valence-corrected chi connectivity index (χ1v) is 11.4. The Bertz CT molecular complexity index is 1020. The predicted molar refractivity (Wildman–Crippen MR) is 136 cm³/mol. The van der Waals surface area contributed by atoms with E-state index in [0.717, 1.165) is 49.9 Å².